The number of rotatable bonds is 7. The SMILES string of the molecule is CCOC(=O)CN(C)CCOc1cccc(Br)c1. The minimum absolute atomic E-state index is 0.206. The summed E-state index contributed by atoms with van der Waals surface area (Å²) in [4.78, 5) is 13.1. The Hall–Kier alpha value is -1.07. The average molecular weight is 316 g/mol. The number of hydrogen-bond acceptors (Lipinski definition) is 4. The van der Waals surface area contributed by atoms with E-state index in [4.69, 9.17) is 9.47 Å². The molecule has 0 aliphatic carbocycles. The van der Waals surface area contributed by atoms with Crippen LogP contribution in [0, 0.1) is 0 Å². The Bertz CT molecular complexity index is 384. The third-order valence-electron chi connectivity index (χ3n) is 2.24. The highest BCUT2D eigenvalue weighted by atomic mass is 79.9. The highest BCUT2D eigenvalue weighted by Gasteiger charge is 2.06. The van der Waals surface area contributed by atoms with Crippen molar-refractivity contribution >= 4 is 21.9 Å². The highest BCUT2D eigenvalue weighted by Crippen LogP contribution is 2.17. The topological polar surface area (TPSA) is 38.8 Å². The quantitative estimate of drug-likeness (QED) is 0.724. The molecule has 0 spiro atoms. The van der Waals surface area contributed by atoms with Crippen LogP contribution in [0.3, 0.4) is 0 Å². The molecule has 0 aliphatic rings. The molecule has 0 aromatic heterocycles. The Kier molecular flexibility index (Phi) is 6.75. The largest absolute Gasteiger partial charge is 0.492 e. The summed E-state index contributed by atoms with van der Waals surface area (Å²) in [6.07, 6.45) is 0. The molecular formula is C13H18BrNO3. The minimum atomic E-state index is -0.206. The number of carbonyl (C=O) groups is 1. The van der Waals surface area contributed by atoms with Crippen molar-refractivity contribution in [2.75, 3.05) is 33.4 Å². The molecule has 100 valence electrons. The van der Waals surface area contributed by atoms with Crippen LogP contribution in [0.25, 0.3) is 0 Å². The molecule has 0 heterocycles. The second kappa shape index (κ2) is 8.11. The van der Waals surface area contributed by atoms with Crippen LogP contribution >= 0.6 is 15.9 Å². The van der Waals surface area contributed by atoms with Gasteiger partial charge in [0.1, 0.15) is 12.4 Å². The van der Waals surface area contributed by atoms with E-state index in [1.54, 1.807) is 6.92 Å². The van der Waals surface area contributed by atoms with E-state index in [2.05, 4.69) is 15.9 Å². The van der Waals surface area contributed by atoms with Gasteiger partial charge < -0.3 is 9.47 Å². The molecule has 0 saturated carbocycles. The Morgan fingerprint density at radius 3 is 2.89 bits per heavy atom. The normalized spacial score (nSPS) is 10.4. The maximum absolute atomic E-state index is 11.2. The fourth-order valence-electron chi connectivity index (χ4n) is 1.38. The molecule has 0 radical (unpaired) electrons. The van der Waals surface area contributed by atoms with Gasteiger partial charge in [-0.25, -0.2) is 0 Å². The molecule has 1 aromatic carbocycles. The van der Waals surface area contributed by atoms with Crippen molar-refractivity contribution in [3.63, 3.8) is 0 Å². The first kappa shape index (κ1) is 15.0. The fraction of sp³-hybridized carbons (Fsp3) is 0.462. The maximum atomic E-state index is 11.2. The van der Waals surface area contributed by atoms with Crippen LogP contribution in [-0.4, -0.2) is 44.2 Å². The van der Waals surface area contributed by atoms with Crippen LogP contribution < -0.4 is 4.74 Å². The van der Waals surface area contributed by atoms with Crippen molar-refractivity contribution in [1.29, 1.82) is 0 Å². The number of likely N-dealkylation sites (N-methyl/N-ethyl adjacent to an activating group) is 1. The van der Waals surface area contributed by atoms with Gasteiger partial charge in [-0.05, 0) is 32.2 Å². The van der Waals surface area contributed by atoms with Crippen molar-refractivity contribution in [1.82, 2.24) is 4.90 Å². The molecular weight excluding hydrogens is 298 g/mol. The van der Waals surface area contributed by atoms with E-state index in [0.29, 0.717) is 19.8 Å². The van der Waals surface area contributed by atoms with Gasteiger partial charge in [0, 0.05) is 11.0 Å². The van der Waals surface area contributed by atoms with Crippen molar-refractivity contribution in [2.45, 2.75) is 6.92 Å². The standard InChI is InChI=1S/C13H18BrNO3/c1-3-17-13(16)10-15(2)7-8-18-12-6-4-5-11(14)9-12/h4-6,9H,3,7-8,10H2,1-2H3. The van der Waals surface area contributed by atoms with Crippen LogP contribution in [0.2, 0.25) is 0 Å². The zero-order chi connectivity index (χ0) is 13.4. The van der Waals surface area contributed by atoms with Crippen molar-refractivity contribution in [2.24, 2.45) is 0 Å². The monoisotopic (exact) mass is 315 g/mol. The third-order valence-corrected chi connectivity index (χ3v) is 2.74. The molecule has 0 atom stereocenters. The summed E-state index contributed by atoms with van der Waals surface area (Å²) < 4.78 is 11.4. The number of hydrogen-bond donors (Lipinski definition) is 0. The van der Waals surface area contributed by atoms with Crippen LogP contribution in [-0.2, 0) is 9.53 Å². The first-order valence-electron chi connectivity index (χ1n) is 5.84. The predicted octanol–water partition coefficient (Wildman–Crippen LogP) is 2.32. The van der Waals surface area contributed by atoms with Crippen LogP contribution in [0.4, 0.5) is 0 Å². The van der Waals surface area contributed by atoms with Crippen molar-refractivity contribution < 1.29 is 14.3 Å². The molecule has 1 rings (SSSR count). The number of nitrogens with zero attached hydrogens (tertiary/aromatic N) is 1. The van der Waals surface area contributed by atoms with E-state index in [1.807, 2.05) is 36.2 Å². The van der Waals surface area contributed by atoms with Crippen molar-refractivity contribution in [3.05, 3.63) is 28.7 Å². The summed E-state index contributed by atoms with van der Waals surface area (Å²) in [6.45, 7) is 3.71. The molecule has 0 fully saturated rings. The van der Waals surface area contributed by atoms with Gasteiger partial charge in [-0.2, -0.15) is 0 Å². The maximum Gasteiger partial charge on any atom is 0.320 e. The number of halogens is 1. The molecule has 0 aliphatic heterocycles. The lowest BCUT2D eigenvalue weighted by Crippen LogP contribution is -2.30. The second-order valence-corrected chi connectivity index (χ2v) is 4.76. The van der Waals surface area contributed by atoms with E-state index in [-0.39, 0.29) is 12.5 Å². The third kappa shape index (κ3) is 6.02. The zero-order valence-corrected chi connectivity index (χ0v) is 12.3. The number of ether oxygens (including phenoxy) is 2. The summed E-state index contributed by atoms with van der Waals surface area (Å²) >= 11 is 3.38. The molecule has 0 bridgehead atoms. The van der Waals surface area contributed by atoms with Crippen LogP contribution in [0.5, 0.6) is 5.75 Å². The van der Waals surface area contributed by atoms with E-state index in [1.165, 1.54) is 0 Å². The van der Waals surface area contributed by atoms with Gasteiger partial charge in [0.15, 0.2) is 0 Å². The van der Waals surface area contributed by atoms with Gasteiger partial charge in [0.05, 0.1) is 13.2 Å². The van der Waals surface area contributed by atoms with Crippen LogP contribution in [0.15, 0.2) is 28.7 Å². The fourth-order valence-corrected chi connectivity index (χ4v) is 1.76. The highest BCUT2D eigenvalue weighted by molar-refractivity contribution is 9.10. The molecule has 18 heavy (non-hydrogen) atoms. The summed E-state index contributed by atoms with van der Waals surface area (Å²) in [5.41, 5.74) is 0. The lowest BCUT2D eigenvalue weighted by Gasteiger charge is -2.15. The average Bonchev–Trinajstić information content (AvgIpc) is 2.29. The first-order valence-corrected chi connectivity index (χ1v) is 6.63. The van der Waals surface area contributed by atoms with E-state index in [0.717, 1.165) is 10.2 Å². The summed E-state index contributed by atoms with van der Waals surface area (Å²) in [7, 11) is 1.86. The molecule has 5 heteroatoms. The summed E-state index contributed by atoms with van der Waals surface area (Å²) in [5, 5.41) is 0. The minimum Gasteiger partial charge on any atom is -0.492 e. The Morgan fingerprint density at radius 1 is 1.44 bits per heavy atom. The van der Waals surface area contributed by atoms with Gasteiger partial charge in [-0.15, -0.1) is 0 Å². The Balaban J connectivity index is 2.23. The van der Waals surface area contributed by atoms with Crippen LogP contribution in [0.1, 0.15) is 6.92 Å². The van der Waals surface area contributed by atoms with Gasteiger partial charge >= 0.3 is 5.97 Å². The molecule has 0 amide bonds. The molecule has 0 unspecified atom stereocenters. The summed E-state index contributed by atoms with van der Waals surface area (Å²) in [5.74, 6) is 0.608. The van der Waals surface area contributed by atoms with E-state index >= 15 is 0 Å². The van der Waals surface area contributed by atoms with Crippen molar-refractivity contribution in [3.8, 4) is 5.75 Å². The second-order valence-electron chi connectivity index (χ2n) is 3.85. The van der Waals surface area contributed by atoms with Gasteiger partial charge in [0.25, 0.3) is 0 Å². The molecule has 4 nitrogen and oxygen atoms in total. The van der Waals surface area contributed by atoms with Gasteiger partial charge in [-0.1, -0.05) is 22.0 Å². The Labute approximate surface area is 116 Å². The lowest BCUT2D eigenvalue weighted by atomic mass is 10.3. The lowest BCUT2D eigenvalue weighted by molar-refractivity contribution is -0.144. The molecule has 1 aromatic rings. The first-order chi connectivity index (χ1) is 8.61. The predicted molar refractivity (Wildman–Crippen MR) is 73.8 cm³/mol. The zero-order valence-electron chi connectivity index (χ0n) is 10.7. The number of carbonyl (C=O) groups excluding carboxylic acids is 1. The van der Waals surface area contributed by atoms with Gasteiger partial charge in [-0.3, -0.25) is 9.69 Å². The molecule has 0 N–H and O–H groups in total. The van der Waals surface area contributed by atoms with E-state index in [9.17, 15) is 4.79 Å². The smallest absolute Gasteiger partial charge is 0.320 e. The van der Waals surface area contributed by atoms with Gasteiger partial charge in [0.2, 0.25) is 0 Å². The van der Waals surface area contributed by atoms with E-state index < -0.39 is 0 Å². The Morgan fingerprint density at radius 2 is 2.22 bits per heavy atom. The summed E-state index contributed by atoms with van der Waals surface area (Å²) in [6, 6.07) is 7.67. The number of esters is 1. The number of benzene rings is 1. The molecule has 0 saturated heterocycles.